The summed E-state index contributed by atoms with van der Waals surface area (Å²) in [6, 6.07) is 11.1. The average molecular weight is 486 g/mol. The van der Waals surface area contributed by atoms with Gasteiger partial charge in [-0.15, -0.1) is 0 Å². The third-order valence-electron chi connectivity index (χ3n) is 5.53. The van der Waals surface area contributed by atoms with E-state index in [9.17, 15) is 13.6 Å². The fraction of sp³-hybridized carbons (Fsp3) is 0.346. The lowest BCUT2D eigenvalue weighted by Gasteiger charge is -2.30. The second-order valence-electron chi connectivity index (χ2n) is 9.35. The number of rotatable bonds is 4. The maximum atomic E-state index is 14.8. The second kappa shape index (κ2) is 9.66. The number of fused-ring (bicyclic) bond motifs is 1. The summed E-state index contributed by atoms with van der Waals surface area (Å²) < 4.78 is 34.2. The second-order valence-corrected chi connectivity index (χ2v) is 9.78. The minimum absolute atomic E-state index is 0.0775. The molecule has 1 amide bonds. The van der Waals surface area contributed by atoms with E-state index in [1.54, 1.807) is 41.4 Å². The van der Waals surface area contributed by atoms with E-state index in [4.69, 9.17) is 16.3 Å². The lowest BCUT2D eigenvalue weighted by atomic mass is 10.0. The van der Waals surface area contributed by atoms with E-state index in [2.05, 4.69) is 9.97 Å². The number of ether oxygens (including phenoxy) is 1. The van der Waals surface area contributed by atoms with E-state index in [0.29, 0.717) is 30.9 Å². The highest BCUT2D eigenvalue weighted by Gasteiger charge is 2.27. The first-order valence-electron chi connectivity index (χ1n) is 11.1. The van der Waals surface area contributed by atoms with Gasteiger partial charge >= 0.3 is 6.09 Å². The Morgan fingerprint density at radius 1 is 1.21 bits per heavy atom. The van der Waals surface area contributed by atoms with Gasteiger partial charge in [-0.25, -0.2) is 23.5 Å². The fourth-order valence-corrected chi connectivity index (χ4v) is 3.94. The SMILES string of the molecule is CC(C)(C)OC(=O)N1CCc2nc(-c3ccc(C(F)Cc4ccc(Cl)cc4F)cc3)ncc2C1. The van der Waals surface area contributed by atoms with Gasteiger partial charge in [0.25, 0.3) is 0 Å². The molecule has 1 aliphatic rings. The summed E-state index contributed by atoms with van der Waals surface area (Å²) in [5.41, 5.74) is 2.70. The topological polar surface area (TPSA) is 55.3 Å². The van der Waals surface area contributed by atoms with Gasteiger partial charge in [-0.3, -0.25) is 0 Å². The molecule has 2 heterocycles. The Labute approximate surface area is 202 Å². The van der Waals surface area contributed by atoms with Gasteiger partial charge in [0.1, 0.15) is 17.6 Å². The van der Waals surface area contributed by atoms with Gasteiger partial charge < -0.3 is 9.64 Å². The molecule has 0 fully saturated rings. The molecule has 2 aromatic carbocycles. The van der Waals surface area contributed by atoms with Crippen LogP contribution in [0, 0.1) is 5.82 Å². The molecule has 0 saturated carbocycles. The smallest absolute Gasteiger partial charge is 0.410 e. The molecule has 4 rings (SSSR count). The monoisotopic (exact) mass is 485 g/mol. The van der Waals surface area contributed by atoms with Gasteiger partial charge in [0, 0.05) is 41.7 Å². The number of aromatic nitrogens is 2. The van der Waals surface area contributed by atoms with Crippen molar-refractivity contribution >= 4 is 17.7 Å². The first kappa shape index (κ1) is 24.1. The predicted molar refractivity (Wildman–Crippen MR) is 127 cm³/mol. The number of hydrogen-bond acceptors (Lipinski definition) is 4. The van der Waals surface area contributed by atoms with Crippen LogP contribution in [-0.2, 0) is 24.1 Å². The van der Waals surface area contributed by atoms with Crippen LogP contribution in [-0.4, -0.2) is 33.1 Å². The molecule has 1 unspecified atom stereocenters. The van der Waals surface area contributed by atoms with Gasteiger partial charge in [0.15, 0.2) is 5.82 Å². The van der Waals surface area contributed by atoms with E-state index < -0.39 is 17.6 Å². The molecule has 5 nitrogen and oxygen atoms in total. The van der Waals surface area contributed by atoms with Gasteiger partial charge in [0.2, 0.25) is 0 Å². The van der Waals surface area contributed by atoms with Crippen molar-refractivity contribution in [1.82, 2.24) is 14.9 Å². The van der Waals surface area contributed by atoms with Crippen molar-refractivity contribution in [3.63, 3.8) is 0 Å². The van der Waals surface area contributed by atoms with Crippen LogP contribution in [0.15, 0.2) is 48.7 Å². The summed E-state index contributed by atoms with van der Waals surface area (Å²) in [4.78, 5) is 23.1. The number of nitrogens with zero attached hydrogens (tertiary/aromatic N) is 3. The van der Waals surface area contributed by atoms with Crippen molar-refractivity contribution in [2.45, 2.75) is 51.9 Å². The van der Waals surface area contributed by atoms with Crippen molar-refractivity contribution in [2.24, 2.45) is 0 Å². The van der Waals surface area contributed by atoms with E-state index >= 15 is 0 Å². The maximum Gasteiger partial charge on any atom is 0.410 e. The van der Waals surface area contributed by atoms with Crippen molar-refractivity contribution in [3.8, 4) is 11.4 Å². The van der Waals surface area contributed by atoms with Gasteiger partial charge in [-0.1, -0.05) is 41.9 Å². The zero-order valence-corrected chi connectivity index (χ0v) is 20.1. The molecular weight excluding hydrogens is 460 g/mol. The molecule has 0 bridgehead atoms. The zero-order valence-electron chi connectivity index (χ0n) is 19.3. The quantitative estimate of drug-likeness (QED) is 0.424. The third-order valence-corrected chi connectivity index (χ3v) is 5.77. The number of hydrogen-bond donors (Lipinski definition) is 0. The van der Waals surface area contributed by atoms with Crippen LogP contribution >= 0.6 is 11.6 Å². The number of carbonyl (C=O) groups is 1. The summed E-state index contributed by atoms with van der Waals surface area (Å²) in [5, 5.41) is 0.281. The molecular formula is C26H26ClF2N3O2. The Bertz CT molecular complexity index is 1200. The molecule has 1 atom stereocenters. The number of benzene rings is 2. The molecule has 34 heavy (non-hydrogen) atoms. The number of halogens is 3. The fourth-order valence-electron chi connectivity index (χ4n) is 3.78. The summed E-state index contributed by atoms with van der Waals surface area (Å²) in [5.74, 6) is 0.0228. The number of alkyl halides is 1. The summed E-state index contributed by atoms with van der Waals surface area (Å²) in [6.45, 7) is 6.43. The van der Waals surface area contributed by atoms with Gasteiger partial charge in [-0.2, -0.15) is 0 Å². The first-order valence-corrected chi connectivity index (χ1v) is 11.5. The Kier molecular flexibility index (Phi) is 6.84. The van der Waals surface area contributed by atoms with Crippen LogP contribution in [0.3, 0.4) is 0 Å². The van der Waals surface area contributed by atoms with E-state index in [1.165, 1.54) is 12.1 Å². The summed E-state index contributed by atoms with van der Waals surface area (Å²) >= 11 is 5.77. The number of amides is 1. The molecule has 1 aromatic heterocycles. The molecule has 0 N–H and O–H groups in total. The highest BCUT2D eigenvalue weighted by atomic mass is 35.5. The summed E-state index contributed by atoms with van der Waals surface area (Å²) in [6.07, 6.45) is 0.543. The van der Waals surface area contributed by atoms with Gasteiger partial charge in [0.05, 0.1) is 12.2 Å². The van der Waals surface area contributed by atoms with E-state index in [1.807, 2.05) is 20.8 Å². The lowest BCUT2D eigenvalue weighted by Crippen LogP contribution is -2.40. The zero-order chi connectivity index (χ0) is 24.5. The van der Waals surface area contributed by atoms with Crippen molar-refractivity contribution < 1.29 is 18.3 Å². The molecule has 0 spiro atoms. The van der Waals surface area contributed by atoms with Crippen LogP contribution in [0.5, 0.6) is 0 Å². The normalized spacial score (nSPS) is 14.5. The minimum Gasteiger partial charge on any atom is -0.444 e. The maximum absolute atomic E-state index is 14.8. The van der Waals surface area contributed by atoms with Crippen molar-refractivity contribution in [1.29, 1.82) is 0 Å². The van der Waals surface area contributed by atoms with Crippen molar-refractivity contribution in [2.75, 3.05) is 6.54 Å². The Hall–Kier alpha value is -3.06. The van der Waals surface area contributed by atoms with Crippen LogP contribution in [0.2, 0.25) is 5.02 Å². The molecule has 3 aromatic rings. The molecule has 8 heteroatoms. The molecule has 0 aliphatic carbocycles. The largest absolute Gasteiger partial charge is 0.444 e. The number of carbonyl (C=O) groups excluding carboxylic acids is 1. The van der Waals surface area contributed by atoms with Gasteiger partial charge in [-0.05, 0) is 44.0 Å². The first-order chi connectivity index (χ1) is 16.1. The Morgan fingerprint density at radius 2 is 1.94 bits per heavy atom. The Balaban J connectivity index is 1.44. The van der Waals surface area contributed by atoms with Crippen LogP contribution < -0.4 is 0 Å². The predicted octanol–water partition coefficient (Wildman–Crippen LogP) is 6.48. The highest BCUT2D eigenvalue weighted by Crippen LogP contribution is 2.28. The van der Waals surface area contributed by atoms with E-state index in [0.717, 1.165) is 16.8 Å². The standard InChI is InChI=1S/C26H26ClF2N3O2/c1-26(2,3)34-25(33)32-11-10-23-19(15-32)14-30-24(31-23)17-6-4-16(5-7-17)21(28)12-18-8-9-20(27)13-22(18)29/h4-9,13-14,21H,10-12,15H2,1-3H3. The lowest BCUT2D eigenvalue weighted by molar-refractivity contribution is 0.0222. The highest BCUT2D eigenvalue weighted by molar-refractivity contribution is 6.30. The molecule has 1 aliphatic heterocycles. The van der Waals surface area contributed by atoms with Crippen LogP contribution in [0.25, 0.3) is 11.4 Å². The average Bonchev–Trinajstić information content (AvgIpc) is 2.79. The Morgan fingerprint density at radius 3 is 2.62 bits per heavy atom. The molecule has 178 valence electrons. The third kappa shape index (κ3) is 5.70. The molecule has 0 saturated heterocycles. The van der Waals surface area contributed by atoms with Crippen molar-refractivity contribution in [3.05, 3.63) is 81.9 Å². The van der Waals surface area contributed by atoms with Crippen LogP contribution in [0.4, 0.5) is 13.6 Å². The molecule has 0 radical (unpaired) electrons. The summed E-state index contributed by atoms with van der Waals surface area (Å²) in [7, 11) is 0. The van der Waals surface area contributed by atoms with E-state index in [-0.39, 0.29) is 23.1 Å². The van der Waals surface area contributed by atoms with Crippen LogP contribution in [0.1, 0.15) is 49.3 Å². The minimum atomic E-state index is -1.35.